The van der Waals surface area contributed by atoms with Crippen LogP contribution < -0.4 is 10.5 Å². The first-order chi connectivity index (χ1) is 17.6. The minimum absolute atomic E-state index is 0.000827. The van der Waals surface area contributed by atoms with Gasteiger partial charge in [0.25, 0.3) is 0 Å². The number of nitrogen functional groups attached to an aromatic ring is 1. The highest BCUT2D eigenvalue weighted by Gasteiger charge is 2.27. The van der Waals surface area contributed by atoms with Crippen LogP contribution >= 0.6 is 0 Å². The smallest absolute Gasteiger partial charge is 0.246 e. The fourth-order valence-corrected chi connectivity index (χ4v) is 4.44. The molecule has 3 heterocycles. The van der Waals surface area contributed by atoms with Crippen molar-refractivity contribution in [3.63, 3.8) is 0 Å². The molecule has 1 saturated heterocycles. The first kappa shape index (κ1) is 23.5. The molecule has 0 radical (unpaired) electrons. The predicted octanol–water partition coefficient (Wildman–Crippen LogP) is 4.23. The maximum Gasteiger partial charge on any atom is 0.246 e. The van der Waals surface area contributed by atoms with Crippen LogP contribution in [0, 0.1) is 0 Å². The van der Waals surface area contributed by atoms with Crippen LogP contribution in [-0.2, 0) is 9.53 Å². The predicted molar refractivity (Wildman–Crippen MR) is 138 cm³/mol. The van der Waals surface area contributed by atoms with Crippen molar-refractivity contribution in [1.82, 2.24) is 24.6 Å². The van der Waals surface area contributed by atoms with E-state index in [4.69, 9.17) is 20.3 Å². The molecule has 36 heavy (non-hydrogen) atoms. The van der Waals surface area contributed by atoms with Crippen LogP contribution in [0.1, 0.15) is 18.9 Å². The van der Waals surface area contributed by atoms with Crippen molar-refractivity contribution >= 4 is 22.8 Å². The second-order valence-electron chi connectivity index (χ2n) is 8.60. The number of anilines is 1. The molecule has 2 aromatic carbocycles. The number of aromatic nitrogens is 4. The van der Waals surface area contributed by atoms with Gasteiger partial charge in [0.05, 0.1) is 18.0 Å². The van der Waals surface area contributed by atoms with Gasteiger partial charge in [-0.3, -0.25) is 4.79 Å². The number of ether oxygens (including phenoxy) is 2. The van der Waals surface area contributed by atoms with Gasteiger partial charge in [0.2, 0.25) is 5.91 Å². The van der Waals surface area contributed by atoms with Crippen LogP contribution in [0.15, 0.2) is 73.1 Å². The largest absolute Gasteiger partial charge is 0.457 e. The van der Waals surface area contributed by atoms with E-state index in [1.54, 1.807) is 19.3 Å². The summed E-state index contributed by atoms with van der Waals surface area (Å²) in [4.78, 5) is 23.0. The van der Waals surface area contributed by atoms with Gasteiger partial charge in [0.1, 0.15) is 29.3 Å². The number of likely N-dealkylation sites (tertiary alicyclic amines) is 1. The summed E-state index contributed by atoms with van der Waals surface area (Å²) in [7, 11) is 1.60. The SMILES string of the molecule is COCC=CC(=O)N1CCC(n2nc(-c3ccc(Oc4ccccc4)cc3)c3c(N)ncnc32)CC1. The number of hydrogen-bond acceptors (Lipinski definition) is 7. The Balaban J connectivity index is 1.38. The van der Waals surface area contributed by atoms with Gasteiger partial charge in [-0.25, -0.2) is 14.6 Å². The fourth-order valence-electron chi connectivity index (χ4n) is 4.44. The van der Waals surface area contributed by atoms with Crippen molar-refractivity contribution in [2.24, 2.45) is 0 Å². The van der Waals surface area contributed by atoms with E-state index in [0.717, 1.165) is 41.0 Å². The maximum absolute atomic E-state index is 12.4. The molecule has 0 unspecified atom stereocenters. The van der Waals surface area contributed by atoms with Crippen LogP contribution in [0.2, 0.25) is 0 Å². The molecule has 0 aliphatic carbocycles. The molecule has 1 aliphatic rings. The Labute approximate surface area is 209 Å². The molecule has 184 valence electrons. The number of para-hydroxylation sites is 1. The topological polar surface area (TPSA) is 108 Å². The van der Waals surface area contributed by atoms with Gasteiger partial charge in [-0.15, -0.1) is 0 Å². The van der Waals surface area contributed by atoms with E-state index in [0.29, 0.717) is 31.2 Å². The molecule has 0 spiro atoms. The molecule has 2 N–H and O–H groups in total. The fraction of sp³-hybridized carbons (Fsp3) is 0.259. The Bertz CT molecular complexity index is 1360. The number of nitrogens with zero attached hydrogens (tertiary/aromatic N) is 5. The van der Waals surface area contributed by atoms with Gasteiger partial charge in [-0.2, -0.15) is 5.10 Å². The lowest BCUT2D eigenvalue weighted by Crippen LogP contribution is -2.38. The van der Waals surface area contributed by atoms with Gasteiger partial charge in [0, 0.05) is 31.8 Å². The van der Waals surface area contributed by atoms with Crippen molar-refractivity contribution in [1.29, 1.82) is 0 Å². The van der Waals surface area contributed by atoms with E-state index < -0.39 is 0 Å². The van der Waals surface area contributed by atoms with Gasteiger partial charge in [0.15, 0.2) is 5.65 Å². The second kappa shape index (κ2) is 10.6. The standard InChI is InChI=1S/C27H28N6O3/c1-35-17-5-8-23(34)32-15-13-20(14-16-32)33-27-24(26(28)29-18-30-27)25(31-33)19-9-11-22(12-10-19)36-21-6-3-2-4-7-21/h2-12,18,20H,13-17H2,1H3,(H2,28,29,30). The summed E-state index contributed by atoms with van der Waals surface area (Å²) in [5, 5.41) is 5.68. The zero-order valence-corrected chi connectivity index (χ0v) is 20.1. The molecule has 0 bridgehead atoms. The first-order valence-corrected chi connectivity index (χ1v) is 11.9. The maximum atomic E-state index is 12.4. The quantitative estimate of drug-likeness (QED) is 0.391. The number of rotatable bonds is 7. The molecule has 1 aliphatic heterocycles. The second-order valence-corrected chi connectivity index (χ2v) is 8.60. The molecular formula is C27H28N6O3. The van der Waals surface area contributed by atoms with Crippen molar-refractivity contribution < 1.29 is 14.3 Å². The van der Waals surface area contributed by atoms with Crippen LogP contribution in [0.25, 0.3) is 22.3 Å². The van der Waals surface area contributed by atoms with Crippen molar-refractivity contribution in [3.8, 4) is 22.8 Å². The number of benzene rings is 2. The molecule has 9 nitrogen and oxygen atoms in total. The molecule has 0 atom stereocenters. The summed E-state index contributed by atoms with van der Waals surface area (Å²) in [6, 6.07) is 17.5. The monoisotopic (exact) mass is 484 g/mol. The minimum atomic E-state index is 0.000827. The zero-order valence-electron chi connectivity index (χ0n) is 20.1. The molecule has 2 aromatic heterocycles. The summed E-state index contributed by atoms with van der Waals surface area (Å²) in [5.41, 5.74) is 8.62. The highest BCUT2D eigenvalue weighted by molar-refractivity contribution is 5.98. The number of amides is 1. The number of carbonyl (C=O) groups is 1. The van der Waals surface area contributed by atoms with Gasteiger partial charge in [-0.1, -0.05) is 24.3 Å². The Morgan fingerprint density at radius 3 is 2.50 bits per heavy atom. The number of carbonyl (C=O) groups excluding carboxylic acids is 1. The summed E-state index contributed by atoms with van der Waals surface area (Å²) in [5.74, 6) is 1.90. The third kappa shape index (κ3) is 4.92. The number of hydrogen-bond donors (Lipinski definition) is 1. The first-order valence-electron chi connectivity index (χ1n) is 11.9. The molecular weight excluding hydrogens is 456 g/mol. The third-order valence-electron chi connectivity index (χ3n) is 6.27. The van der Waals surface area contributed by atoms with Crippen molar-refractivity contribution in [2.45, 2.75) is 18.9 Å². The third-order valence-corrected chi connectivity index (χ3v) is 6.27. The van der Waals surface area contributed by atoms with E-state index in [1.807, 2.05) is 64.2 Å². The lowest BCUT2D eigenvalue weighted by molar-refractivity contribution is -0.127. The van der Waals surface area contributed by atoms with E-state index in [2.05, 4.69) is 9.97 Å². The molecule has 9 heteroatoms. The van der Waals surface area contributed by atoms with Crippen LogP contribution in [0.3, 0.4) is 0 Å². The van der Waals surface area contributed by atoms with Gasteiger partial charge >= 0.3 is 0 Å². The van der Waals surface area contributed by atoms with Crippen molar-refractivity contribution in [2.75, 3.05) is 32.5 Å². The number of piperidine rings is 1. The number of methoxy groups -OCH3 is 1. The summed E-state index contributed by atoms with van der Waals surface area (Å²) in [6.07, 6.45) is 6.32. The van der Waals surface area contributed by atoms with E-state index in [-0.39, 0.29) is 11.9 Å². The highest BCUT2D eigenvalue weighted by atomic mass is 16.5. The number of nitrogens with two attached hydrogens (primary N) is 1. The summed E-state index contributed by atoms with van der Waals surface area (Å²) in [6.45, 7) is 1.71. The Morgan fingerprint density at radius 1 is 1.06 bits per heavy atom. The normalized spacial score (nSPS) is 14.5. The Morgan fingerprint density at radius 2 is 1.78 bits per heavy atom. The van der Waals surface area contributed by atoms with Crippen LogP contribution in [0.5, 0.6) is 11.5 Å². The summed E-state index contributed by atoms with van der Waals surface area (Å²) >= 11 is 0. The summed E-state index contributed by atoms with van der Waals surface area (Å²) < 4.78 is 12.8. The number of fused-ring (bicyclic) bond motifs is 1. The Kier molecular flexibility index (Phi) is 6.90. The molecule has 4 aromatic rings. The molecule has 1 amide bonds. The van der Waals surface area contributed by atoms with Crippen LogP contribution in [0.4, 0.5) is 5.82 Å². The minimum Gasteiger partial charge on any atom is -0.457 e. The highest BCUT2D eigenvalue weighted by Crippen LogP contribution is 2.35. The lowest BCUT2D eigenvalue weighted by atomic mass is 10.1. The average Bonchev–Trinajstić information content (AvgIpc) is 3.31. The zero-order chi connectivity index (χ0) is 24.9. The van der Waals surface area contributed by atoms with E-state index in [1.165, 1.54) is 6.33 Å². The van der Waals surface area contributed by atoms with E-state index in [9.17, 15) is 4.79 Å². The lowest BCUT2D eigenvalue weighted by Gasteiger charge is -2.31. The molecule has 0 saturated carbocycles. The molecule has 1 fully saturated rings. The van der Waals surface area contributed by atoms with E-state index >= 15 is 0 Å². The van der Waals surface area contributed by atoms with Crippen molar-refractivity contribution in [3.05, 3.63) is 73.1 Å². The van der Waals surface area contributed by atoms with Gasteiger partial charge in [-0.05, 0) is 49.2 Å². The van der Waals surface area contributed by atoms with Crippen LogP contribution in [-0.4, -0.2) is 57.4 Å². The molecule has 5 rings (SSSR count). The van der Waals surface area contributed by atoms with Gasteiger partial charge < -0.3 is 20.1 Å². The Hall–Kier alpha value is -4.24. The average molecular weight is 485 g/mol.